The van der Waals surface area contributed by atoms with Crippen molar-refractivity contribution in [1.82, 2.24) is 4.98 Å². The lowest BCUT2D eigenvalue weighted by molar-refractivity contribution is -0.0488. The number of nitrogens with zero attached hydrogens (tertiary/aromatic N) is 1. The number of pyridine rings is 1. The first-order valence-electron chi connectivity index (χ1n) is 8.47. The third-order valence-corrected chi connectivity index (χ3v) is 4.65. The number of carboxylic acid groups (broad SMARTS) is 1. The first kappa shape index (κ1) is 17.9. The molecule has 1 N–H and O–H groups in total. The van der Waals surface area contributed by atoms with E-state index >= 15 is 0 Å². The number of carboxylic acids is 1. The standard InChI is InChI=1S/C21H15F2NO4/c1-10-7-8-16(28-21(22)23)17-13(20(25)26)9-14(24-18(10)17)19-11(2)12-5-3-4-6-15(12)27-19/h3-9,21H,1-2H3,(H,25,26). The van der Waals surface area contributed by atoms with Crippen LogP contribution in [0.2, 0.25) is 0 Å². The van der Waals surface area contributed by atoms with Gasteiger partial charge in [-0.3, -0.25) is 0 Å². The number of alkyl halides is 2. The van der Waals surface area contributed by atoms with Crippen molar-refractivity contribution in [3.8, 4) is 17.2 Å². The zero-order valence-electron chi connectivity index (χ0n) is 15.0. The zero-order chi connectivity index (χ0) is 20.0. The summed E-state index contributed by atoms with van der Waals surface area (Å²) >= 11 is 0. The number of benzene rings is 2. The molecule has 0 radical (unpaired) electrons. The number of rotatable bonds is 4. The van der Waals surface area contributed by atoms with E-state index in [-0.39, 0.29) is 22.2 Å². The van der Waals surface area contributed by atoms with E-state index in [1.807, 2.05) is 31.2 Å². The van der Waals surface area contributed by atoms with E-state index in [1.165, 1.54) is 12.1 Å². The number of carbonyl (C=O) groups is 1. The van der Waals surface area contributed by atoms with Gasteiger partial charge in [0.05, 0.1) is 16.5 Å². The third kappa shape index (κ3) is 2.85. The summed E-state index contributed by atoms with van der Waals surface area (Å²) in [6.45, 7) is 0.504. The molecule has 0 aliphatic rings. The van der Waals surface area contributed by atoms with Crippen molar-refractivity contribution in [2.45, 2.75) is 20.5 Å². The highest BCUT2D eigenvalue weighted by Crippen LogP contribution is 2.37. The molecule has 0 bridgehead atoms. The SMILES string of the molecule is Cc1c(-c2cc(C(=O)O)c3c(OC(F)F)ccc(C)c3n2)oc2ccccc12. The molecule has 0 saturated carbocycles. The number of halogens is 2. The van der Waals surface area contributed by atoms with Crippen LogP contribution in [0.15, 0.2) is 46.9 Å². The van der Waals surface area contributed by atoms with Gasteiger partial charge in [-0.25, -0.2) is 9.78 Å². The quantitative estimate of drug-likeness (QED) is 0.499. The van der Waals surface area contributed by atoms with Gasteiger partial charge in [0.2, 0.25) is 0 Å². The molecule has 0 fully saturated rings. The molecule has 0 spiro atoms. The molecule has 0 amide bonds. The third-order valence-electron chi connectivity index (χ3n) is 4.65. The Morgan fingerprint density at radius 1 is 1.18 bits per heavy atom. The maximum Gasteiger partial charge on any atom is 0.387 e. The van der Waals surface area contributed by atoms with E-state index in [0.29, 0.717) is 22.6 Å². The van der Waals surface area contributed by atoms with Crippen LogP contribution in [-0.2, 0) is 0 Å². The predicted molar refractivity (Wildman–Crippen MR) is 100 cm³/mol. The molecule has 0 atom stereocenters. The van der Waals surface area contributed by atoms with E-state index in [1.54, 1.807) is 13.0 Å². The van der Waals surface area contributed by atoms with E-state index in [9.17, 15) is 18.7 Å². The largest absolute Gasteiger partial charge is 0.478 e. The molecule has 2 heterocycles. The molecule has 0 saturated heterocycles. The molecule has 28 heavy (non-hydrogen) atoms. The molecular weight excluding hydrogens is 368 g/mol. The Hall–Kier alpha value is -3.48. The van der Waals surface area contributed by atoms with Crippen LogP contribution in [0.1, 0.15) is 21.5 Å². The van der Waals surface area contributed by atoms with Crippen LogP contribution in [-0.4, -0.2) is 22.7 Å². The predicted octanol–water partition coefficient (Wildman–Crippen LogP) is 5.56. The molecule has 0 aliphatic heterocycles. The Kier molecular flexibility index (Phi) is 4.22. The Balaban J connectivity index is 2.05. The Bertz CT molecular complexity index is 1230. The van der Waals surface area contributed by atoms with Crippen molar-refractivity contribution in [1.29, 1.82) is 0 Å². The van der Waals surface area contributed by atoms with Gasteiger partial charge in [0.15, 0.2) is 5.76 Å². The monoisotopic (exact) mass is 383 g/mol. The molecule has 2 aromatic heterocycles. The summed E-state index contributed by atoms with van der Waals surface area (Å²) in [6, 6.07) is 11.6. The fourth-order valence-electron chi connectivity index (χ4n) is 3.34. The molecule has 4 aromatic rings. The summed E-state index contributed by atoms with van der Waals surface area (Å²) < 4.78 is 36.0. The van der Waals surface area contributed by atoms with Gasteiger partial charge in [0.1, 0.15) is 17.0 Å². The average Bonchev–Trinajstić information content (AvgIpc) is 3.00. The van der Waals surface area contributed by atoms with Gasteiger partial charge < -0.3 is 14.3 Å². The van der Waals surface area contributed by atoms with Crippen molar-refractivity contribution in [2.24, 2.45) is 0 Å². The van der Waals surface area contributed by atoms with Crippen LogP contribution >= 0.6 is 0 Å². The lowest BCUT2D eigenvalue weighted by Gasteiger charge is -2.13. The summed E-state index contributed by atoms with van der Waals surface area (Å²) in [5.74, 6) is -1.06. The number of hydrogen-bond acceptors (Lipinski definition) is 4. The normalized spacial score (nSPS) is 11.5. The van der Waals surface area contributed by atoms with Crippen molar-refractivity contribution in [3.05, 3.63) is 59.2 Å². The number of aromatic carboxylic acids is 1. The van der Waals surface area contributed by atoms with Crippen LogP contribution in [0.3, 0.4) is 0 Å². The van der Waals surface area contributed by atoms with E-state index in [4.69, 9.17) is 4.42 Å². The second-order valence-electron chi connectivity index (χ2n) is 6.40. The molecule has 4 rings (SSSR count). The van der Waals surface area contributed by atoms with Crippen molar-refractivity contribution >= 4 is 27.8 Å². The maximum absolute atomic E-state index is 12.8. The van der Waals surface area contributed by atoms with Gasteiger partial charge >= 0.3 is 12.6 Å². The number of hydrogen-bond donors (Lipinski definition) is 1. The number of furan rings is 1. The highest BCUT2D eigenvalue weighted by Gasteiger charge is 2.22. The molecule has 0 unspecified atom stereocenters. The first-order valence-corrected chi connectivity index (χ1v) is 8.47. The molecule has 0 aliphatic carbocycles. The van der Waals surface area contributed by atoms with Crippen LogP contribution in [0.25, 0.3) is 33.3 Å². The highest BCUT2D eigenvalue weighted by molar-refractivity contribution is 6.07. The first-order chi connectivity index (χ1) is 13.4. The van der Waals surface area contributed by atoms with Crippen molar-refractivity contribution in [3.63, 3.8) is 0 Å². The second kappa shape index (κ2) is 6.60. The van der Waals surface area contributed by atoms with Crippen LogP contribution in [0, 0.1) is 13.8 Å². The molecule has 2 aromatic carbocycles. The lowest BCUT2D eigenvalue weighted by atomic mass is 10.0. The minimum Gasteiger partial charge on any atom is -0.478 e. The maximum atomic E-state index is 12.8. The van der Waals surface area contributed by atoms with E-state index in [2.05, 4.69) is 9.72 Å². The number of aromatic nitrogens is 1. The molecule has 5 nitrogen and oxygen atoms in total. The number of fused-ring (bicyclic) bond motifs is 2. The van der Waals surface area contributed by atoms with Crippen LogP contribution in [0.4, 0.5) is 8.78 Å². The van der Waals surface area contributed by atoms with Gasteiger partial charge in [0, 0.05) is 10.9 Å². The lowest BCUT2D eigenvalue weighted by Crippen LogP contribution is -2.07. The Morgan fingerprint density at radius 2 is 1.93 bits per heavy atom. The summed E-state index contributed by atoms with van der Waals surface area (Å²) in [5, 5.41) is 10.6. The zero-order valence-corrected chi connectivity index (χ0v) is 15.0. The summed E-state index contributed by atoms with van der Waals surface area (Å²) in [5.41, 5.74) is 2.51. The Labute approximate surface area is 158 Å². The number of ether oxygens (including phenoxy) is 1. The van der Waals surface area contributed by atoms with Gasteiger partial charge in [-0.1, -0.05) is 24.3 Å². The van der Waals surface area contributed by atoms with Crippen LogP contribution in [0.5, 0.6) is 5.75 Å². The van der Waals surface area contributed by atoms with E-state index < -0.39 is 12.6 Å². The molecule has 7 heteroatoms. The van der Waals surface area contributed by atoms with Crippen LogP contribution < -0.4 is 4.74 Å². The average molecular weight is 383 g/mol. The van der Waals surface area contributed by atoms with Gasteiger partial charge in [-0.05, 0) is 37.6 Å². The summed E-state index contributed by atoms with van der Waals surface area (Å²) in [4.78, 5) is 16.4. The fraction of sp³-hybridized carbons (Fsp3) is 0.143. The minimum absolute atomic E-state index is 0.0327. The van der Waals surface area contributed by atoms with Gasteiger partial charge in [-0.2, -0.15) is 8.78 Å². The van der Waals surface area contributed by atoms with Gasteiger partial charge in [0.25, 0.3) is 0 Å². The Morgan fingerprint density at radius 3 is 2.61 bits per heavy atom. The second-order valence-corrected chi connectivity index (χ2v) is 6.40. The fourth-order valence-corrected chi connectivity index (χ4v) is 3.34. The highest BCUT2D eigenvalue weighted by atomic mass is 19.3. The van der Waals surface area contributed by atoms with Gasteiger partial charge in [-0.15, -0.1) is 0 Å². The van der Waals surface area contributed by atoms with Crippen molar-refractivity contribution in [2.75, 3.05) is 0 Å². The number of aryl methyl sites for hydroxylation is 2. The summed E-state index contributed by atoms with van der Waals surface area (Å²) in [6.07, 6.45) is 0. The van der Waals surface area contributed by atoms with E-state index in [0.717, 1.165) is 10.9 Å². The van der Waals surface area contributed by atoms with Crippen molar-refractivity contribution < 1.29 is 27.8 Å². The molecular formula is C21H15F2NO4. The minimum atomic E-state index is -3.08. The number of para-hydroxylation sites is 1. The topological polar surface area (TPSA) is 72.6 Å². The molecule has 142 valence electrons. The summed E-state index contributed by atoms with van der Waals surface area (Å²) in [7, 11) is 0. The smallest absolute Gasteiger partial charge is 0.387 e.